The van der Waals surface area contributed by atoms with Crippen LogP contribution in [0.15, 0.2) is 18.3 Å². The van der Waals surface area contributed by atoms with Gasteiger partial charge in [-0.05, 0) is 43.4 Å². The van der Waals surface area contributed by atoms with Crippen LogP contribution in [0.2, 0.25) is 5.15 Å². The number of hydrogen-bond donors (Lipinski definition) is 0. The van der Waals surface area contributed by atoms with E-state index in [2.05, 4.69) is 29.8 Å². The summed E-state index contributed by atoms with van der Waals surface area (Å²) in [5.41, 5.74) is 1.27. The Morgan fingerprint density at radius 1 is 1.41 bits per heavy atom. The van der Waals surface area contributed by atoms with E-state index in [1.54, 1.807) is 0 Å². The van der Waals surface area contributed by atoms with Gasteiger partial charge in [-0.25, -0.2) is 4.98 Å². The highest BCUT2D eigenvalue weighted by atomic mass is 35.5. The molecular formula is C14H21ClN2. The predicted molar refractivity (Wildman–Crippen MR) is 72.1 cm³/mol. The standard InChI is InChI=1S/C14H21ClN2/c1-11(2)7-8-17(13-4-5-13)10-12-3-6-14(15)16-9-12/h3,6,9,11,13H,4-5,7-8,10H2,1-2H3. The van der Waals surface area contributed by atoms with Crippen molar-refractivity contribution in [3.05, 3.63) is 29.0 Å². The third-order valence-electron chi connectivity index (χ3n) is 3.23. The van der Waals surface area contributed by atoms with Crippen LogP contribution in [0.25, 0.3) is 0 Å². The van der Waals surface area contributed by atoms with E-state index in [1.165, 1.54) is 31.4 Å². The van der Waals surface area contributed by atoms with E-state index in [9.17, 15) is 0 Å². The highest BCUT2D eigenvalue weighted by Gasteiger charge is 2.28. The summed E-state index contributed by atoms with van der Waals surface area (Å²) in [6, 6.07) is 4.77. The Labute approximate surface area is 109 Å². The van der Waals surface area contributed by atoms with Gasteiger partial charge in [0.25, 0.3) is 0 Å². The van der Waals surface area contributed by atoms with E-state index < -0.39 is 0 Å². The summed E-state index contributed by atoms with van der Waals surface area (Å²) < 4.78 is 0. The molecule has 1 aromatic heterocycles. The zero-order valence-electron chi connectivity index (χ0n) is 10.7. The first-order valence-electron chi connectivity index (χ1n) is 6.49. The first-order chi connectivity index (χ1) is 8.15. The maximum Gasteiger partial charge on any atom is 0.129 e. The Hall–Kier alpha value is -0.600. The molecule has 0 aliphatic heterocycles. The molecule has 0 amide bonds. The van der Waals surface area contributed by atoms with Gasteiger partial charge in [0.1, 0.15) is 5.15 Å². The van der Waals surface area contributed by atoms with E-state index in [4.69, 9.17) is 11.6 Å². The molecule has 0 unspecified atom stereocenters. The summed E-state index contributed by atoms with van der Waals surface area (Å²) in [6.45, 7) is 6.79. The van der Waals surface area contributed by atoms with Crippen LogP contribution in [0.4, 0.5) is 0 Å². The Bertz CT molecular complexity index is 344. The molecule has 3 heteroatoms. The fourth-order valence-electron chi connectivity index (χ4n) is 1.99. The lowest BCUT2D eigenvalue weighted by Crippen LogP contribution is -2.27. The van der Waals surface area contributed by atoms with Crippen molar-refractivity contribution in [2.75, 3.05) is 6.54 Å². The van der Waals surface area contributed by atoms with Gasteiger partial charge < -0.3 is 0 Å². The number of pyridine rings is 1. The lowest BCUT2D eigenvalue weighted by atomic mass is 10.1. The predicted octanol–water partition coefficient (Wildman–Crippen LogP) is 3.75. The Balaban J connectivity index is 1.90. The van der Waals surface area contributed by atoms with E-state index in [1.807, 2.05) is 12.3 Å². The highest BCUT2D eigenvalue weighted by molar-refractivity contribution is 6.29. The molecule has 1 heterocycles. The second-order valence-corrected chi connectivity index (χ2v) is 5.76. The zero-order chi connectivity index (χ0) is 12.3. The van der Waals surface area contributed by atoms with Crippen molar-refractivity contribution in [2.24, 2.45) is 5.92 Å². The molecule has 0 aromatic carbocycles. The minimum Gasteiger partial charge on any atom is -0.296 e. The SMILES string of the molecule is CC(C)CCN(Cc1ccc(Cl)nc1)C1CC1. The van der Waals surface area contributed by atoms with Gasteiger partial charge in [-0.3, -0.25) is 4.90 Å². The average Bonchev–Trinajstić information content (AvgIpc) is 3.10. The molecule has 2 nitrogen and oxygen atoms in total. The Morgan fingerprint density at radius 2 is 2.18 bits per heavy atom. The van der Waals surface area contributed by atoms with Crippen molar-refractivity contribution in [3.63, 3.8) is 0 Å². The maximum absolute atomic E-state index is 5.80. The molecule has 1 aliphatic carbocycles. The molecule has 1 aromatic rings. The monoisotopic (exact) mass is 252 g/mol. The largest absolute Gasteiger partial charge is 0.296 e. The number of nitrogens with zero attached hydrogens (tertiary/aromatic N) is 2. The first kappa shape index (κ1) is 12.8. The smallest absolute Gasteiger partial charge is 0.129 e. The quantitative estimate of drug-likeness (QED) is 0.717. The summed E-state index contributed by atoms with van der Waals surface area (Å²) in [5.74, 6) is 0.777. The van der Waals surface area contributed by atoms with Crippen molar-refractivity contribution in [3.8, 4) is 0 Å². The van der Waals surface area contributed by atoms with Crippen molar-refractivity contribution in [2.45, 2.75) is 45.7 Å². The average molecular weight is 253 g/mol. The van der Waals surface area contributed by atoms with E-state index in [0.29, 0.717) is 5.15 Å². The molecule has 1 fully saturated rings. The van der Waals surface area contributed by atoms with E-state index in [0.717, 1.165) is 18.5 Å². The molecule has 0 atom stereocenters. The number of aromatic nitrogens is 1. The van der Waals surface area contributed by atoms with Crippen LogP contribution >= 0.6 is 11.6 Å². The van der Waals surface area contributed by atoms with Gasteiger partial charge in [-0.15, -0.1) is 0 Å². The maximum atomic E-state index is 5.80. The summed E-state index contributed by atoms with van der Waals surface area (Å²) in [4.78, 5) is 6.73. The third kappa shape index (κ3) is 4.29. The van der Waals surface area contributed by atoms with Gasteiger partial charge in [0, 0.05) is 18.8 Å². The first-order valence-corrected chi connectivity index (χ1v) is 6.87. The van der Waals surface area contributed by atoms with Crippen molar-refractivity contribution < 1.29 is 0 Å². The van der Waals surface area contributed by atoms with Crippen LogP contribution in [0.5, 0.6) is 0 Å². The molecule has 0 saturated heterocycles. The van der Waals surface area contributed by atoms with Gasteiger partial charge in [-0.2, -0.15) is 0 Å². The molecule has 0 N–H and O–H groups in total. The highest BCUT2D eigenvalue weighted by Crippen LogP contribution is 2.28. The van der Waals surface area contributed by atoms with Crippen molar-refractivity contribution >= 4 is 11.6 Å². The van der Waals surface area contributed by atoms with Gasteiger partial charge in [0.15, 0.2) is 0 Å². The van der Waals surface area contributed by atoms with E-state index >= 15 is 0 Å². The van der Waals surface area contributed by atoms with Crippen LogP contribution in [0, 0.1) is 5.92 Å². The molecule has 2 rings (SSSR count). The van der Waals surface area contributed by atoms with Crippen LogP contribution in [0.1, 0.15) is 38.7 Å². The third-order valence-corrected chi connectivity index (χ3v) is 3.45. The normalized spacial score (nSPS) is 15.8. The van der Waals surface area contributed by atoms with Crippen LogP contribution in [-0.2, 0) is 6.54 Å². The molecule has 94 valence electrons. The Morgan fingerprint density at radius 3 is 2.71 bits per heavy atom. The molecule has 0 spiro atoms. The second-order valence-electron chi connectivity index (χ2n) is 5.37. The van der Waals surface area contributed by atoms with Gasteiger partial charge in [0.2, 0.25) is 0 Å². The van der Waals surface area contributed by atoms with Crippen molar-refractivity contribution in [1.82, 2.24) is 9.88 Å². The van der Waals surface area contributed by atoms with Crippen LogP contribution in [-0.4, -0.2) is 22.5 Å². The fourth-order valence-corrected chi connectivity index (χ4v) is 2.10. The molecule has 0 radical (unpaired) electrons. The molecule has 1 aliphatic rings. The van der Waals surface area contributed by atoms with Crippen molar-refractivity contribution in [1.29, 1.82) is 0 Å². The summed E-state index contributed by atoms with van der Waals surface area (Å²) in [6.07, 6.45) is 5.89. The molecule has 1 saturated carbocycles. The molecule has 0 bridgehead atoms. The zero-order valence-corrected chi connectivity index (χ0v) is 11.5. The lowest BCUT2D eigenvalue weighted by Gasteiger charge is -2.22. The van der Waals surface area contributed by atoms with Gasteiger partial charge >= 0.3 is 0 Å². The molecular weight excluding hydrogens is 232 g/mol. The van der Waals surface area contributed by atoms with E-state index in [-0.39, 0.29) is 0 Å². The fraction of sp³-hybridized carbons (Fsp3) is 0.643. The van der Waals surface area contributed by atoms with Gasteiger partial charge in [-0.1, -0.05) is 31.5 Å². The van der Waals surface area contributed by atoms with Gasteiger partial charge in [0.05, 0.1) is 0 Å². The molecule has 17 heavy (non-hydrogen) atoms. The van der Waals surface area contributed by atoms with Crippen LogP contribution < -0.4 is 0 Å². The summed E-state index contributed by atoms with van der Waals surface area (Å²) in [5, 5.41) is 0.578. The number of halogens is 1. The minimum absolute atomic E-state index is 0.578. The Kier molecular flexibility index (Phi) is 4.41. The summed E-state index contributed by atoms with van der Waals surface area (Å²) in [7, 11) is 0. The second kappa shape index (κ2) is 5.83. The lowest BCUT2D eigenvalue weighted by molar-refractivity contribution is 0.239. The minimum atomic E-state index is 0.578. The number of rotatable bonds is 6. The summed E-state index contributed by atoms with van der Waals surface area (Å²) >= 11 is 5.80. The number of hydrogen-bond acceptors (Lipinski definition) is 2. The van der Waals surface area contributed by atoms with Crippen LogP contribution in [0.3, 0.4) is 0 Å². The topological polar surface area (TPSA) is 16.1 Å².